The molecule has 96 valence electrons. The van der Waals surface area contributed by atoms with Gasteiger partial charge in [-0.15, -0.1) is 0 Å². The normalized spacial score (nSPS) is 14.0. The molecule has 0 rings (SSSR count). The molecule has 0 saturated heterocycles. The summed E-state index contributed by atoms with van der Waals surface area (Å²) in [4.78, 5) is 0. The van der Waals surface area contributed by atoms with Crippen LogP contribution in [0.5, 0.6) is 0 Å². The Hall–Kier alpha value is -0.0831. The van der Waals surface area contributed by atoms with Crippen LogP contribution in [0.1, 0.15) is 47.5 Å². The Labute approximate surface area is 103 Å². The maximum absolute atomic E-state index is 6.19. The molecule has 0 aliphatic carbocycles. The Balaban J connectivity index is 4.19. The van der Waals surface area contributed by atoms with Gasteiger partial charge in [0.1, 0.15) is 0 Å². The van der Waals surface area contributed by atoms with Crippen LogP contribution in [0, 0.1) is 5.92 Å². The second-order valence-corrected chi connectivity index (χ2v) is 10.5. The lowest BCUT2D eigenvalue weighted by molar-refractivity contribution is 0.272. The van der Waals surface area contributed by atoms with Crippen molar-refractivity contribution in [2.45, 2.75) is 65.6 Å². The summed E-state index contributed by atoms with van der Waals surface area (Å²) in [6.07, 6.45) is 6.62. The second kappa shape index (κ2) is 6.60. The Morgan fingerprint density at radius 1 is 1.19 bits per heavy atom. The van der Waals surface area contributed by atoms with Crippen molar-refractivity contribution in [3.63, 3.8) is 0 Å². The molecule has 1 nitrogen and oxygen atoms in total. The van der Waals surface area contributed by atoms with Crippen molar-refractivity contribution >= 4 is 8.32 Å². The molecule has 16 heavy (non-hydrogen) atoms. The highest BCUT2D eigenvalue weighted by molar-refractivity contribution is 6.74. The molecule has 0 heterocycles. The molecule has 0 saturated carbocycles. The molecule has 0 fully saturated rings. The SMILES string of the molecule is CC/C=C/CCO[Si](C)(C)C(C)(C)C(C)C. The predicted molar refractivity (Wildman–Crippen MR) is 76.4 cm³/mol. The largest absolute Gasteiger partial charge is 0.416 e. The number of hydrogen-bond acceptors (Lipinski definition) is 1. The van der Waals surface area contributed by atoms with Crippen molar-refractivity contribution in [1.29, 1.82) is 0 Å². The van der Waals surface area contributed by atoms with Crippen LogP contribution in [0.15, 0.2) is 12.2 Å². The minimum atomic E-state index is -1.59. The first kappa shape index (κ1) is 15.9. The van der Waals surface area contributed by atoms with Gasteiger partial charge in [-0.1, -0.05) is 46.8 Å². The summed E-state index contributed by atoms with van der Waals surface area (Å²) in [7, 11) is -1.59. The van der Waals surface area contributed by atoms with E-state index in [9.17, 15) is 0 Å². The minimum Gasteiger partial charge on any atom is -0.416 e. The number of allylic oxidation sites excluding steroid dienone is 1. The smallest absolute Gasteiger partial charge is 0.192 e. The molecule has 2 heteroatoms. The van der Waals surface area contributed by atoms with E-state index in [1.165, 1.54) is 0 Å². The van der Waals surface area contributed by atoms with Crippen LogP contribution < -0.4 is 0 Å². The molecular weight excluding hydrogens is 212 g/mol. The number of hydrogen-bond donors (Lipinski definition) is 0. The van der Waals surface area contributed by atoms with E-state index in [2.05, 4.69) is 59.9 Å². The summed E-state index contributed by atoms with van der Waals surface area (Å²) in [6.45, 7) is 17.0. The molecular formula is C14H30OSi. The number of rotatable bonds is 7. The molecule has 0 aromatic heterocycles. The van der Waals surface area contributed by atoms with E-state index in [1.807, 2.05) is 0 Å². The zero-order valence-corrected chi connectivity index (χ0v) is 13.3. The summed E-state index contributed by atoms with van der Waals surface area (Å²) < 4.78 is 6.19. The lowest BCUT2D eigenvalue weighted by Gasteiger charge is -2.42. The minimum absolute atomic E-state index is 0.335. The van der Waals surface area contributed by atoms with Crippen molar-refractivity contribution in [2.24, 2.45) is 5.92 Å². The van der Waals surface area contributed by atoms with Crippen molar-refractivity contribution < 1.29 is 4.43 Å². The topological polar surface area (TPSA) is 9.23 Å². The molecule has 0 atom stereocenters. The second-order valence-electron chi connectivity index (χ2n) is 5.90. The van der Waals surface area contributed by atoms with Crippen LogP contribution in [0.25, 0.3) is 0 Å². The Kier molecular flexibility index (Phi) is 6.57. The quantitative estimate of drug-likeness (QED) is 0.347. The Bertz CT molecular complexity index is 217. The Morgan fingerprint density at radius 2 is 1.75 bits per heavy atom. The van der Waals surface area contributed by atoms with E-state index in [0.717, 1.165) is 19.4 Å². The first-order valence-electron chi connectivity index (χ1n) is 6.54. The third-order valence-corrected chi connectivity index (χ3v) is 8.75. The Morgan fingerprint density at radius 3 is 2.19 bits per heavy atom. The zero-order valence-electron chi connectivity index (χ0n) is 12.3. The molecule has 0 amide bonds. The average Bonchev–Trinajstić information content (AvgIpc) is 2.16. The molecule has 0 unspecified atom stereocenters. The lowest BCUT2D eigenvalue weighted by Crippen LogP contribution is -2.45. The average molecular weight is 242 g/mol. The standard InChI is InChI=1S/C14H30OSi/c1-8-9-10-11-12-15-16(6,7)14(4,5)13(2)3/h9-10,13H,8,11-12H2,1-7H3/b10-9+. The lowest BCUT2D eigenvalue weighted by atomic mass is 9.99. The van der Waals surface area contributed by atoms with E-state index < -0.39 is 8.32 Å². The molecule has 0 aromatic carbocycles. The van der Waals surface area contributed by atoms with Gasteiger partial charge in [0.25, 0.3) is 0 Å². The highest BCUT2D eigenvalue weighted by Gasteiger charge is 2.42. The predicted octanol–water partition coefficient (Wildman–Crippen LogP) is 5.00. The molecule has 0 N–H and O–H groups in total. The van der Waals surface area contributed by atoms with Gasteiger partial charge < -0.3 is 4.43 Å². The summed E-state index contributed by atoms with van der Waals surface area (Å²) in [5, 5.41) is 0.335. The molecule has 0 aliphatic heterocycles. The highest BCUT2D eigenvalue weighted by atomic mass is 28.4. The molecule has 0 spiro atoms. The van der Waals surface area contributed by atoms with Crippen LogP contribution in [0.3, 0.4) is 0 Å². The van der Waals surface area contributed by atoms with Gasteiger partial charge in [-0.05, 0) is 36.9 Å². The highest BCUT2D eigenvalue weighted by Crippen LogP contribution is 2.44. The molecule has 0 aliphatic rings. The summed E-state index contributed by atoms with van der Waals surface area (Å²) in [5.74, 6) is 0.681. The van der Waals surface area contributed by atoms with E-state index in [-0.39, 0.29) is 0 Å². The molecule has 0 radical (unpaired) electrons. The van der Waals surface area contributed by atoms with Crippen molar-refractivity contribution in [3.05, 3.63) is 12.2 Å². The third-order valence-electron chi connectivity index (χ3n) is 4.14. The first-order valence-corrected chi connectivity index (χ1v) is 9.45. The third kappa shape index (κ3) is 4.42. The van der Waals surface area contributed by atoms with Crippen molar-refractivity contribution in [2.75, 3.05) is 6.61 Å². The molecule has 0 aromatic rings. The van der Waals surface area contributed by atoms with Crippen LogP contribution >= 0.6 is 0 Å². The van der Waals surface area contributed by atoms with Crippen LogP contribution in [0.4, 0.5) is 0 Å². The van der Waals surface area contributed by atoms with Gasteiger partial charge in [0.15, 0.2) is 8.32 Å². The van der Waals surface area contributed by atoms with Gasteiger partial charge in [0.2, 0.25) is 0 Å². The zero-order chi connectivity index (χ0) is 12.8. The van der Waals surface area contributed by atoms with Gasteiger partial charge >= 0.3 is 0 Å². The monoisotopic (exact) mass is 242 g/mol. The summed E-state index contributed by atoms with van der Waals surface area (Å²) in [6, 6.07) is 0. The van der Waals surface area contributed by atoms with Gasteiger partial charge in [0, 0.05) is 6.61 Å². The molecule has 0 bridgehead atoms. The maximum atomic E-state index is 6.19. The van der Waals surface area contributed by atoms with E-state index in [1.54, 1.807) is 0 Å². The first-order chi connectivity index (χ1) is 7.25. The van der Waals surface area contributed by atoms with E-state index in [4.69, 9.17) is 4.43 Å². The maximum Gasteiger partial charge on any atom is 0.192 e. The van der Waals surface area contributed by atoms with E-state index >= 15 is 0 Å². The fourth-order valence-electron chi connectivity index (χ4n) is 1.55. The van der Waals surface area contributed by atoms with Crippen LogP contribution in [0.2, 0.25) is 18.1 Å². The van der Waals surface area contributed by atoms with Gasteiger partial charge in [-0.2, -0.15) is 0 Å². The van der Waals surface area contributed by atoms with Crippen LogP contribution in [-0.4, -0.2) is 14.9 Å². The summed E-state index contributed by atoms with van der Waals surface area (Å²) >= 11 is 0. The van der Waals surface area contributed by atoms with E-state index in [0.29, 0.717) is 11.0 Å². The van der Waals surface area contributed by atoms with Gasteiger partial charge in [-0.25, -0.2) is 0 Å². The van der Waals surface area contributed by atoms with Crippen LogP contribution in [-0.2, 0) is 4.43 Å². The van der Waals surface area contributed by atoms with Crippen molar-refractivity contribution in [3.8, 4) is 0 Å². The fourth-order valence-corrected chi connectivity index (χ4v) is 3.94. The van der Waals surface area contributed by atoms with Gasteiger partial charge in [0.05, 0.1) is 0 Å². The fraction of sp³-hybridized carbons (Fsp3) is 0.857. The van der Waals surface area contributed by atoms with Gasteiger partial charge in [-0.3, -0.25) is 0 Å². The summed E-state index contributed by atoms with van der Waals surface area (Å²) in [5.41, 5.74) is 0. The van der Waals surface area contributed by atoms with Crippen molar-refractivity contribution in [1.82, 2.24) is 0 Å².